The molecule has 0 aliphatic carbocycles. The smallest absolute Gasteiger partial charge is 0.0206 e. The fraction of sp³-hybridized carbons (Fsp3) is 0.647. The summed E-state index contributed by atoms with van der Waals surface area (Å²) in [4.78, 5) is 0. The van der Waals surface area contributed by atoms with Crippen molar-refractivity contribution in [3.8, 4) is 0 Å². The summed E-state index contributed by atoms with van der Waals surface area (Å²) in [5.41, 5.74) is 7.99. The first-order valence-corrected chi connectivity index (χ1v) is 7.22. The second kappa shape index (κ2) is 6.53. The number of nitrogens with two attached hydrogens (primary N) is 1. The molecule has 108 valence electrons. The molecule has 1 rings (SSSR count). The van der Waals surface area contributed by atoms with Gasteiger partial charge in [0.25, 0.3) is 0 Å². The van der Waals surface area contributed by atoms with Crippen LogP contribution in [0.25, 0.3) is 0 Å². The molecule has 0 fully saturated rings. The maximum absolute atomic E-state index is 6.21. The molecule has 0 amide bonds. The van der Waals surface area contributed by atoms with Crippen LogP contribution >= 0.6 is 0 Å². The summed E-state index contributed by atoms with van der Waals surface area (Å²) in [6.45, 7) is 12.2. The van der Waals surface area contributed by atoms with Gasteiger partial charge in [0.1, 0.15) is 0 Å². The summed E-state index contributed by atoms with van der Waals surface area (Å²) in [7, 11) is 0. The van der Waals surface area contributed by atoms with E-state index in [9.17, 15) is 0 Å². The lowest BCUT2D eigenvalue weighted by Gasteiger charge is -2.34. The summed E-state index contributed by atoms with van der Waals surface area (Å²) < 4.78 is 0. The standard InChI is InChI=1S/C17H30N2/c1-16(2,3)13-17(4,5)19-12-15(18)11-14-9-7-6-8-10-14/h6-10,15,19H,11-13,18H2,1-5H3. The van der Waals surface area contributed by atoms with E-state index < -0.39 is 0 Å². The van der Waals surface area contributed by atoms with Crippen molar-refractivity contribution in [3.63, 3.8) is 0 Å². The third-order valence-corrected chi connectivity index (χ3v) is 3.16. The van der Waals surface area contributed by atoms with Crippen molar-refractivity contribution in [2.24, 2.45) is 11.1 Å². The van der Waals surface area contributed by atoms with Crippen LogP contribution in [0.4, 0.5) is 0 Å². The van der Waals surface area contributed by atoms with E-state index in [1.54, 1.807) is 0 Å². The van der Waals surface area contributed by atoms with E-state index in [1.807, 2.05) is 6.07 Å². The predicted octanol–water partition coefficient (Wildman–Crippen LogP) is 3.36. The van der Waals surface area contributed by atoms with Crippen LogP contribution < -0.4 is 11.1 Å². The molecule has 0 aromatic heterocycles. The quantitative estimate of drug-likeness (QED) is 0.825. The molecule has 0 heterocycles. The van der Waals surface area contributed by atoms with Gasteiger partial charge in [0.2, 0.25) is 0 Å². The van der Waals surface area contributed by atoms with Crippen LogP contribution in [0.15, 0.2) is 30.3 Å². The average Bonchev–Trinajstić information content (AvgIpc) is 2.25. The molecule has 1 unspecified atom stereocenters. The molecule has 2 nitrogen and oxygen atoms in total. The normalized spacial score (nSPS) is 14.4. The zero-order valence-electron chi connectivity index (χ0n) is 13.2. The molecule has 1 atom stereocenters. The Balaban J connectivity index is 2.39. The molecule has 0 saturated carbocycles. The zero-order valence-corrected chi connectivity index (χ0v) is 13.2. The van der Waals surface area contributed by atoms with Gasteiger partial charge in [0, 0.05) is 18.1 Å². The van der Waals surface area contributed by atoms with Crippen molar-refractivity contribution in [2.45, 2.75) is 59.0 Å². The monoisotopic (exact) mass is 262 g/mol. The minimum atomic E-state index is 0.132. The Hall–Kier alpha value is -0.860. The molecule has 1 aromatic rings. The Morgan fingerprint density at radius 1 is 1.05 bits per heavy atom. The molecular formula is C17H30N2. The van der Waals surface area contributed by atoms with Gasteiger partial charge in [-0.2, -0.15) is 0 Å². The van der Waals surface area contributed by atoms with E-state index in [1.165, 1.54) is 5.56 Å². The molecule has 19 heavy (non-hydrogen) atoms. The number of nitrogens with one attached hydrogen (secondary N) is 1. The fourth-order valence-corrected chi connectivity index (χ4v) is 2.78. The van der Waals surface area contributed by atoms with Crippen LogP contribution in [0.1, 0.15) is 46.6 Å². The minimum absolute atomic E-state index is 0.132. The van der Waals surface area contributed by atoms with Crippen molar-refractivity contribution in [2.75, 3.05) is 6.54 Å². The summed E-state index contributed by atoms with van der Waals surface area (Å²) in [6, 6.07) is 10.6. The Bertz CT molecular complexity index is 363. The van der Waals surface area contributed by atoms with E-state index in [0.717, 1.165) is 19.4 Å². The molecule has 1 aromatic carbocycles. The third kappa shape index (κ3) is 7.34. The second-order valence-corrected chi connectivity index (χ2v) is 7.45. The van der Waals surface area contributed by atoms with E-state index >= 15 is 0 Å². The number of hydrogen-bond donors (Lipinski definition) is 2. The van der Waals surface area contributed by atoms with E-state index in [4.69, 9.17) is 5.73 Å². The Kier molecular flexibility index (Phi) is 5.57. The topological polar surface area (TPSA) is 38.0 Å². The van der Waals surface area contributed by atoms with E-state index in [2.05, 4.69) is 64.2 Å². The lowest BCUT2D eigenvalue weighted by atomic mass is 9.81. The lowest BCUT2D eigenvalue weighted by Crippen LogP contribution is -2.48. The summed E-state index contributed by atoms with van der Waals surface area (Å²) in [6.07, 6.45) is 2.07. The van der Waals surface area contributed by atoms with Gasteiger partial charge in [-0.3, -0.25) is 0 Å². The zero-order chi connectivity index (χ0) is 14.5. The van der Waals surface area contributed by atoms with Crippen LogP contribution in [0.2, 0.25) is 0 Å². The molecule has 3 N–H and O–H groups in total. The first kappa shape index (κ1) is 16.2. The van der Waals surface area contributed by atoms with Gasteiger partial charge in [-0.25, -0.2) is 0 Å². The third-order valence-electron chi connectivity index (χ3n) is 3.16. The largest absolute Gasteiger partial charge is 0.326 e. The van der Waals surface area contributed by atoms with Crippen LogP contribution in [-0.2, 0) is 6.42 Å². The van der Waals surface area contributed by atoms with Gasteiger partial charge in [0.15, 0.2) is 0 Å². The maximum Gasteiger partial charge on any atom is 0.0206 e. The SMILES string of the molecule is CC(C)(C)CC(C)(C)NCC(N)Cc1ccccc1. The van der Waals surface area contributed by atoms with E-state index in [-0.39, 0.29) is 11.6 Å². The first-order valence-electron chi connectivity index (χ1n) is 7.22. The predicted molar refractivity (Wildman–Crippen MR) is 84.3 cm³/mol. The molecule has 0 bridgehead atoms. The van der Waals surface area contributed by atoms with Gasteiger partial charge < -0.3 is 11.1 Å². The van der Waals surface area contributed by atoms with Crippen molar-refractivity contribution in [1.82, 2.24) is 5.32 Å². The van der Waals surface area contributed by atoms with E-state index in [0.29, 0.717) is 5.41 Å². The highest BCUT2D eigenvalue weighted by Crippen LogP contribution is 2.26. The molecule has 0 saturated heterocycles. The molecule has 0 aliphatic heterocycles. The highest BCUT2D eigenvalue weighted by atomic mass is 15.0. The van der Waals surface area contributed by atoms with Crippen molar-refractivity contribution >= 4 is 0 Å². The molecule has 2 heteroatoms. The Morgan fingerprint density at radius 2 is 1.63 bits per heavy atom. The van der Waals surface area contributed by atoms with Gasteiger partial charge in [0.05, 0.1) is 0 Å². The fourth-order valence-electron chi connectivity index (χ4n) is 2.78. The van der Waals surface area contributed by atoms with Gasteiger partial charge in [-0.05, 0) is 37.7 Å². The minimum Gasteiger partial charge on any atom is -0.326 e. The summed E-state index contributed by atoms with van der Waals surface area (Å²) >= 11 is 0. The number of rotatable bonds is 6. The Labute approximate surface area is 118 Å². The van der Waals surface area contributed by atoms with Crippen LogP contribution in [-0.4, -0.2) is 18.1 Å². The lowest BCUT2D eigenvalue weighted by molar-refractivity contribution is 0.239. The van der Waals surface area contributed by atoms with Crippen molar-refractivity contribution in [3.05, 3.63) is 35.9 Å². The highest BCUT2D eigenvalue weighted by molar-refractivity contribution is 5.15. The van der Waals surface area contributed by atoms with Crippen molar-refractivity contribution in [1.29, 1.82) is 0 Å². The van der Waals surface area contributed by atoms with Crippen LogP contribution in [0, 0.1) is 5.41 Å². The molecule has 0 aliphatic rings. The molecule has 0 spiro atoms. The second-order valence-electron chi connectivity index (χ2n) is 7.45. The van der Waals surface area contributed by atoms with Crippen molar-refractivity contribution < 1.29 is 0 Å². The van der Waals surface area contributed by atoms with Crippen LogP contribution in [0.5, 0.6) is 0 Å². The van der Waals surface area contributed by atoms with Gasteiger partial charge in [-0.1, -0.05) is 51.1 Å². The average molecular weight is 262 g/mol. The van der Waals surface area contributed by atoms with Gasteiger partial charge in [-0.15, -0.1) is 0 Å². The first-order chi connectivity index (χ1) is 8.68. The summed E-state index contributed by atoms with van der Waals surface area (Å²) in [5, 5.41) is 3.61. The molecular weight excluding hydrogens is 232 g/mol. The van der Waals surface area contributed by atoms with Gasteiger partial charge >= 0.3 is 0 Å². The number of benzene rings is 1. The number of hydrogen-bond acceptors (Lipinski definition) is 2. The summed E-state index contributed by atoms with van der Waals surface area (Å²) in [5.74, 6) is 0. The maximum atomic E-state index is 6.21. The Morgan fingerprint density at radius 3 is 2.16 bits per heavy atom. The van der Waals surface area contributed by atoms with Crippen LogP contribution in [0.3, 0.4) is 0 Å². The highest BCUT2D eigenvalue weighted by Gasteiger charge is 2.25. The molecule has 0 radical (unpaired) electrons.